The van der Waals surface area contributed by atoms with E-state index in [1.807, 2.05) is 35.2 Å². The molecule has 0 saturated carbocycles. The predicted molar refractivity (Wildman–Crippen MR) is 76.4 cm³/mol. The minimum Gasteiger partial charge on any atom is -0.480 e. The monoisotopic (exact) mass is 258 g/mol. The van der Waals surface area contributed by atoms with E-state index in [0.29, 0.717) is 12.5 Å². The number of carboxylic acid groups (broad SMARTS) is 1. The van der Waals surface area contributed by atoms with Crippen LogP contribution in [0, 0.1) is 5.92 Å². The van der Waals surface area contributed by atoms with Crippen LogP contribution >= 0.6 is 0 Å². The lowest BCUT2D eigenvalue weighted by Crippen LogP contribution is -2.33. The van der Waals surface area contributed by atoms with E-state index in [0.717, 1.165) is 16.6 Å². The average Bonchev–Trinajstić information content (AvgIpc) is 2.36. The second-order valence-corrected chi connectivity index (χ2v) is 5.02. The van der Waals surface area contributed by atoms with Gasteiger partial charge in [-0.15, -0.1) is 0 Å². The van der Waals surface area contributed by atoms with E-state index in [2.05, 4.69) is 18.8 Å². The van der Waals surface area contributed by atoms with Crippen molar-refractivity contribution in [1.82, 2.24) is 4.98 Å². The first-order chi connectivity index (χ1) is 9.08. The third-order valence-corrected chi connectivity index (χ3v) is 2.86. The number of anilines is 1. The van der Waals surface area contributed by atoms with Crippen molar-refractivity contribution in [2.75, 3.05) is 18.0 Å². The molecule has 0 bridgehead atoms. The highest BCUT2D eigenvalue weighted by molar-refractivity contribution is 5.93. The van der Waals surface area contributed by atoms with Crippen molar-refractivity contribution >= 4 is 22.6 Å². The van der Waals surface area contributed by atoms with Gasteiger partial charge in [-0.3, -0.25) is 4.79 Å². The lowest BCUT2D eigenvalue weighted by atomic mass is 10.1. The van der Waals surface area contributed by atoms with E-state index in [9.17, 15) is 4.79 Å². The maximum atomic E-state index is 11.0. The van der Waals surface area contributed by atoms with Crippen molar-refractivity contribution in [2.24, 2.45) is 5.92 Å². The van der Waals surface area contributed by atoms with E-state index in [4.69, 9.17) is 5.11 Å². The largest absolute Gasteiger partial charge is 0.480 e. The number of fused-ring (bicyclic) bond motifs is 1. The first kappa shape index (κ1) is 13.3. The third-order valence-electron chi connectivity index (χ3n) is 2.86. The summed E-state index contributed by atoms with van der Waals surface area (Å²) >= 11 is 0. The molecule has 4 nitrogen and oxygen atoms in total. The summed E-state index contributed by atoms with van der Waals surface area (Å²) in [5, 5.41) is 11.1. The summed E-state index contributed by atoms with van der Waals surface area (Å²) in [4.78, 5) is 17.2. The Labute approximate surface area is 112 Å². The van der Waals surface area contributed by atoms with Gasteiger partial charge in [-0.25, -0.2) is 4.98 Å². The average molecular weight is 258 g/mol. The van der Waals surface area contributed by atoms with Crippen LogP contribution in [0.2, 0.25) is 0 Å². The van der Waals surface area contributed by atoms with Gasteiger partial charge in [0.05, 0.1) is 0 Å². The normalized spacial score (nSPS) is 10.9. The molecule has 1 aromatic carbocycles. The van der Waals surface area contributed by atoms with Gasteiger partial charge in [0, 0.05) is 18.1 Å². The van der Waals surface area contributed by atoms with Gasteiger partial charge in [0.15, 0.2) is 0 Å². The number of hydrogen-bond acceptors (Lipinski definition) is 3. The Balaban J connectivity index is 2.45. The summed E-state index contributed by atoms with van der Waals surface area (Å²) in [7, 11) is 0. The Bertz CT molecular complexity index is 576. The number of rotatable bonds is 5. The quantitative estimate of drug-likeness (QED) is 0.896. The molecule has 1 aromatic heterocycles. The molecule has 0 atom stereocenters. The molecular formula is C15H18N2O2. The Morgan fingerprint density at radius 1 is 1.32 bits per heavy atom. The fraction of sp³-hybridized carbons (Fsp3) is 0.333. The topological polar surface area (TPSA) is 53.4 Å². The number of benzene rings is 1. The maximum Gasteiger partial charge on any atom is 0.323 e. The van der Waals surface area contributed by atoms with Crippen molar-refractivity contribution in [3.05, 3.63) is 36.5 Å². The minimum absolute atomic E-state index is 0.0286. The van der Waals surface area contributed by atoms with Gasteiger partial charge in [-0.2, -0.15) is 0 Å². The molecule has 2 rings (SSSR count). The molecule has 0 aliphatic carbocycles. The SMILES string of the molecule is CC(C)CN(CC(=O)O)c1nccc2ccccc12. The number of aromatic nitrogens is 1. The molecule has 0 spiro atoms. The molecule has 0 unspecified atom stereocenters. The molecule has 0 aliphatic rings. The zero-order valence-corrected chi connectivity index (χ0v) is 11.2. The number of carboxylic acids is 1. The van der Waals surface area contributed by atoms with Crippen molar-refractivity contribution in [2.45, 2.75) is 13.8 Å². The number of aliphatic carboxylic acids is 1. The molecule has 0 aliphatic heterocycles. The summed E-state index contributed by atoms with van der Waals surface area (Å²) in [5.74, 6) is 0.282. The molecule has 100 valence electrons. The second kappa shape index (κ2) is 5.69. The molecule has 1 heterocycles. The lowest BCUT2D eigenvalue weighted by Gasteiger charge is -2.24. The van der Waals surface area contributed by atoms with Crippen molar-refractivity contribution < 1.29 is 9.90 Å². The van der Waals surface area contributed by atoms with Crippen LogP contribution in [-0.4, -0.2) is 29.1 Å². The molecule has 0 fully saturated rings. The van der Waals surface area contributed by atoms with Crippen molar-refractivity contribution in [1.29, 1.82) is 0 Å². The summed E-state index contributed by atoms with van der Waals surface area (Å²) < 4.78 is 0. The summed E-state index contributed by atoms with van der Waals surface area (Å²) in [6, 6.07) is 9.84. The van der Waals surface area contributed by atoms with E-state index < -0.39 is 5.97 Å². The fourth-order valence-corrected chi connectivity index (χ4v) is 2.19. The molecule has 0 amide bonds. The van der Waals surface area contributed by atoms with Crippen LogP contribution in [0.25, 0.3) is 10.8 Å². The van der Waals surface area contributed by atoms with Crippen LogP contribution in [0.1, 0.15) is 13.8 Å². The van der Waals surface area contributed by atoms with Gasteiger partial charge < -0.3 is 10.0 Å². The Morgan fingerprint density at radius 3 is 2.74 bits per heavy atom. The zero-order chi connectivity index (χ0) is 13.8. The molecule has 1 N–H and O–H groups in total. The fourth-order valence-electron chi connectivity index (χ4n) is 2.19. The zero-order valence-electron chi connectivity index (χ0n) is 11.2. The van der Waals surface area contributed by atoms with E-state index >= 15 is 0 Å². The minimum atomic E-state index is -0.838. The Hall–Kier alpha value is -2.10. The molecular weight excluding hydrogens is 240 g/mol. The second-order valence-electron chi connectivity index (χ2n) is 5.02. The van der Waals surface area contributed by atoms with Gasteiger partial charge in [0.2, 0.25) is 0 Å². The van der Waals surface area contributed by atoms with Gasteiger partial charge in [0.25, 0.3) is 0 Å². The predicted octanol–water partition coefficient (Wildman–Crippen LogP) is 2.78. The van der Waals surface area contributed by atoms with Crippen LogP contribution in [0.5, 0.6) is 0 Å². The first-order valence-corrected chi connectivity index (χ1v) is 6.38. The Morgan fingerprint density at radius 2 is 2.05 bits per heavy atom. The smallest absolute Gasteiger partial charge is 0.323 e. The highest BCUT2D eigenvalue weighted by atomic mass is 16.4. The molecule has 4 heteroatoms. The Kier molecular flexibility index (Phi) is 4.00. The summed E-state index contributed by atoms with van der Waals surface area (Å²) in [6.45, 7) is 4.78. The van der Waals surface area contributed by atoms with Crippen LogP contribution in [0.15, 0.2) is 36.5 Å². The molecule has 0 saturated heterocycles. The third kappa shape index (κ3) is 3.22. The molecule has 0 radical (unpaired) electrons. The van der Waals surface area contributed by atoms with E-state index in [-0.39, 0.29) is 6.54 Å². The van der Waals surface area contributed by atoms with Gasteiger partial charge >= 0.3 is 5.97 Å². The summed E-state index contributed by atoms with van der Waals surface area (Å²) in [6.07, 6.45) is 1.73. The van der Waals surface area contributed by atoms with Crippen LogP contribution in [-0.2, 0) is 4.79 Å². The van der Waals surface area contributed by atoms with E-state index in [1.165, 1.54) is 0 Å². The number of carbonyl (C=O) groups is 1. The van der Waals surface area contributed by atoms with Gasteiger partial charge in [0.1, 0.15) is 12.4 Å². The molecule has 2 aromatic rings. The summed E-state index contributed by atoms with van der Waals surface area (Å²) in [5.41, 5.74) is 0. The standard InChI is InChI=1S/C15H18N2O2/c1-11(2)9-17(10-14(18)19)15-13-6-4-3-5-12(13)7-8-16-15/h3-8,11H,9-10H2,1-2H3,(H,18,19). The van der Waals surface area contributed by atoms with Crippen molar-refractivity contribution in [3.63, 3.8) is 0 Å². The van der Waals surface area contributed by atoms with E-state index in [1.54, 1.807) is 6.20 Å². The number of nitrogens with zero attached hydrogens (tertiary/aromatic N) is 2. The molecule has 19 heavy (non-hydrogen) atoms. The number of pyridine rings is 1. The maximum absolute atomic E-state index is 11.0. The highest BCUT2D eigenvalue weighted by Crippen LogP contribution is 2.24. The van der Waals surface area contributed by atoms with Gasteiger partial charge in [-0.05, 0) is 17.4 Å². The van der Waals surface area contributed by atoms with Crippen LogP contribution in [0.3, 0.4) is 0 Å². The highest BCUT2D eigenvalue weighted by Gasteiger charge is 2.15. The first-order valence-electron chi connectivity index (χ1n) is 6.38. The number of hydrogen-bond donors (Lipinski definition) is 1. The van der Waals surface area contributed by atoms with Gasteiger partial charge in [-0.1, -0.05) is 38.1 Å². The van der Waals surface area contributed by atoms with Crippen LogP contribution < -0.4 is 4.90 Å². The van der Waals surface area contributed by atoms with Crippen molar-refractivity contribution in [3.8, 4) is 0 Å². The van der Waals surface area contributed by atoms with Crippen LogP contribution in [0.4, 0.5) is 5.82 Å². The lowest BCUT2D eigenvalue weighted by molar-refractivity contribution is -0.135.